The molecular weight excluding hydrogens is 369 g/mol. The zero-order valence-electron chi connectivity index (χ0n) is 16.5. The van der Waals surface area contributed by atoms with Crippen molar-refractivity contribution in [3.05, 3.63) is 42.4 Å². The molecular formula is C22H24FN5O. The number of hydrogen-bond acceptors (Lipinski definition) is 5. The highest BCUT2D eigenvalue weighted by atomic mass is 19.1. The quantitative estimate of drug-likeness (QED) is 0.644. The Bertz CT molecular complexity index is 1060. The lowest BCUT2D eigenvalue weighted by molar-refractivity contribution is -0.141. The molecule has 2 aliphatic rings. The number of likely N-dealkylation sites (tertiary alicyclic amines) is 1. The summed E-state index contributed by atoms with van der Waals surface area (Å²) in [5, 5.41) is 13.8. The molecule has 0 bridgehead atoms. The van der Waals surface area contributed by atoms with E-state index in [1.807, 2.05) is 37.6 Å². The van der Waals surface area contributed by atoms with Crippen molar-refractivity contribution >= 4 is 16.7 Å². The Morgan fingerprint density at radius 1 is 1.21 bits per heavy atom. The molecule has 1 aromatic carbocycles. The Morgan fingerprint density at radius 2 is 2.03 bits per heavy atom. The zero-order valence-corrected chi connectivity index (χ0v) is 16.5. The van der Waals surface area contributed by atoms with E-state index in [1.165, 1.54) is 0 Å². The summed E-state index contributed by atoms with van der Waals surface area (Å²) in [5.74, 6) is 0.360. The van der Waals surface area contributed by atoms with E-state index in [0.717, 1.165) is 53.7 Å². The maximum atomic E-state index is 12.7. The number of carbonyl (C=O) groups excluding carboxylic acids is 1. The Labute approximate surface area is 168 Å². The van der Waals surface area contributed by atoms with Gasteiger partial charge < -0.3 is 0 Å². The summed E-state index contributed by atoms with van der Waals surface area (Å²) in [7, 11) is 1.90. The van der Waals surface area contributed by atoms with Crippen LogP contribution in [0.1, 0.15) is 18.5 Å². The Morgan fingerprint density at radius 3 is 2.76 bits per heavy atom. The van der Waals surface area contributed by atoms with Crippen molar-refractivity contribution in [1.82, 2.24) is 24.9 Å². The largest absolute Gasteiger partial charge is 0.300 e. The first-order valence-corrected chi connectivity index (χ1v) is 10.1. The van der Waals surface area contributed by atoms with Crippen molar-refractivity contribution in [3.8, 4) is 11.1 Å². The molecule has 1 saturated heterocycles. The van der Waals surface area contributed by atoms with Crippen molar-refractivity contribution in [2.45, 2.75) is 19.3 Å². The van der Waals surface area contributed by atoms with E-state index < -0.39 is 0 Å². The van der Waals surface area contributed by atoms with Gasteiger partial charge in [0.1, 0.15) is 12.5 Å². The van der Waals surface area contributed by atoms with E-state index in [9.17, 15) is 9.18 Å². The molecule has 1 saturated carbocycles. The summed E-state index contributed by atoms with van der Waals surface area (Å²) in [6.07, 6.45) is 6.00. The van der Waals surface area contributed by atoms with Gasteiger partial charge in [0, 0.05) is 49.7 Å². The maximum Gasteiger partial charge on any atom is 0.142 e. The molecule has 3 aromatic rings. The van der Waals surface area contributed by atoms with E-state index in [2.05, 4.69) is 26.3 Å². The molecule has 1 aliphatic carbocycles. The highest BCUT2D eigenvalue weighted by Crippen LogP contribution is 2.52. The van der Waals surface area contributed by atoms with Crippen LogP contribution in [0.15, 0.2) is 36.7 Å². The molecule has 2 fully saturated rings. The number of hydrogen-bond donors (Lipinski definition) is 0. The number of benzene rings is 1. The van der Waals surface area contributed by atoms with Gasteiger partial charge in [0.25, 0.3) is 0 Å². The minimum absolute atomic E-state index is 0.113. The lowest BCUT2D eigenvalue weighted by Crippen LogP contribution is -2.63. The molecule has 0 radical (unpaired) electrons. The molecule has 3 heterocycles. The lowest BCUT2D eigenvalue weighted by Gasteiger charge is -2.58. The predicted octanol–water partition coefficient (Wildman–Crippen LogP) is 2.82. The van der Waals surface area contributed by atoms with Gasteiger partial charge in [-0.25, -0.2) is 4.39 Å². The Kier molecular flexibility index (Phi) is 4.42. The van der Waals surface area contributed by atoms with Crippen molar-refractivity contribution < 1.29 is 9.18 Å². The van der Waals surface area contributed by atoms with Crippen molar-refractivity contribution in [1.29, 1.82) is 0 Å². The molecule has 6 nitrogen and oxygen atoms in total. The first-order valence-electron chi connectivity index (χ1n) is 10.1. The second-order valence-electron chi connectivity index (χ2n) is 8.66. The van der Waals surface area contributed by atoms with E-state index in [4.69, 9.17) is 0 Å². The third kappa shape index (κ3) is 3.44. The third-order valence-electron chi connectivity index (χ3n) is 6.36. The zero-order chi connectivity index (χ0) is 20.0. The molecule has 1 spiro atoms. The van der Waals surface area contributed by atoms with E-state index in [0.29, 0.717) is 13.0 Å². The van der Waals surface area contributed by atoms with Crippen LogP contribution in [-0.4, -0.2) is 57.0 Å². The molecule has 29 heavy (non-hydrogen) atoms. The van der Waals surface area contributed by atoms with Crippen LogP contribution >= 0.6 is 0 Å². The first kappa shape index (κ1) is 18.4. The number of ketones is 1. The summed E-state index contributed by atoms with van der Waals surface area (Å²) in [6.45, 7) is 2.11. The summed E-state index contributed by atoms with van der Waals surface area (Å²) < 4.78 is 14.2. The van der Waals surface area contributed by atoms with E-state index in [1.54, 1.807) is 4.68 Å². The number of alkyl halides is 1. The number of rotatable bonds is 6. The van der Waals surface area contributed by atoms with Crippen LogP contribution in [-0.2, 0) is 18.3 Å². The smallest absolute Gasteiger partial charge is 0.142 e. The molecule has 0 atom stereocenters. The molecule has 150 valence electrons. The van der Waals surface area contributed by atoms with Gasteiger partial charge in [-0.15, -0.1) is 0 Å². The van der Waals surface area contributed by atoms with Gasteiger partial charge >= 0.3 is 0 Å². The number of Topliss-reactive ketones (excluding diaryl/α,β-unsaturated/α-hetero) is 1. The summed E-state index contributed by atoms with van der Waals surface area (Å²) in [6, 6.07) is 8.01. The normalized spacial score (nSPS) is 18.7. The number of carbonyl (C=O) groups is 1. The monoisotopic (exact) mass is 393 g/mol. The summed E-state index contributed by atoms with van der Waals surface area (Å²) in [5.41, 5.74) is 3.92. The maximum absolute atomic E-state index is 12.7. The highest BCUT2D eigenvalue weighted by Gasteiger charge is 2.53. The second kappa shape index (κ2) is 6.99. The lowest BCUT2D eigenvalue weighted by atomic mass is 9.56. The second-order valence-corrected chi connectivity index (χ2v) is 8.66. The fourth-order valence-electron chi connectivity index (χ4n) is 4.90. The van der Waals surface area contributed by atoms with Gasteiger partial charge in [-0.05, 0) is 42.0 Å². The van der Waals surface area contributed by atoms with Gasteiger partial charge in [0.05, 0.1) is 23.8 Å². The van der Waals surface area contributed by atoms with Gasteiger partial charge in [-0.3, -0.25) is 14.4 Å². The average molecular weight is 393 g/mol. The number of halogens is 1. The van der Waals surface area contributed by atoms with Crippen molar-refractivity contribution in [3.63, 3.8) is 0 Å². The van der Waals surface area contributed by atoms with Crippen LogP contribution < -0.4 is 0 Å². The van der Waals surface area contributed by atoms with E-state index in [-0.39, 0.29) is 23.8 Å². The van der Waals surface area contributed by atoms with Crippen molar-refractivity contribution in [2.24, 2.45) is 18.4 Å². The molecule has 0 N–H and O–H groups in total. The minimum atomic E-state index is -0.290. The first-order chi connectivity index (χ1) is 14.0. The topological polar surface area (TPSA) is 63.9 Å². The van der Waals surface area contributed by atoms with Crippen LogP contribution in [0.5, 0.6) is 0 Å². The number of aryl methyl sites for hydroxylation is 1. The Hall–Kier alpha value is -2.67. The predicted molar refractivity (Wildman–Crippen MR) is 108 cm³/mol. The van der Waals surface area contributed by atoms with E-state index >= 15 is 0 Å². The minimum Gasteiger partial charge on any atom is -0.300 e. The van der Waals surface area contributed by atoms with Gasteiger partial charge in [0.15, 0.2) is 0 Å². The molecule has 5 rings (SSSR count). The molecule has 0 unspecified atom stereocenters. The van der Waals surface area contributed by atoms with Crippen LogP contribution in [0, 0.1) is 11.3 Å². The highest BCUT2D eigenvalue weighted by molar-refractivity contribution is 5.87. The Balaban J connectivity index is 1.25. The van der Waals surface area contributed by atoms with Crippen LogP contribution in [0.3, 0.4) is 0 Å². The molecule has 1 aliphatic heterocycles. The van der Waals surface area contributed by atoms with Gasteiger partial charge in [-0.1, -0.05) is 6.07 Å². The fourth-order valence-corrected chi connectivity index (χ4v) is 4.90. The summed E-state index contributed by atoms with van der Waals surface area (Å²) in [4.78, 5) is 14.8. The van der Waals surface area contributed by atoms with Gasteiger partial charge in [0.2, 0.25) is 0 Å². The van der Waals surface area contributed by atoms with Crippen LogP contribution in [0.4, 0.5) is 4.39 Å². The SMILES string of the molecule is Cn1cc(-c2ccc3nnc(CC(=O)C4CC5(C4)CN(CCF)C5)cc3c2)cn1. The number of nitrogens with zero attached hydrogens (tertiary/aromatic N) is 5. The average Bonchev–Trinajstić information content (AvgIpc) is 3.08. The number of aromatic nitrogens is 4. The molecule has 0 amide bonds. The summed E-state index contributed by atoms with van der Waals surface area (Å²) >= 11 is 0. The van der Waals surface area contributed by atoms with Gasteiger partial charge in [-0.2, -0.15) is 15.3 Å². The van der Waals surface area contributed by atoms with Crippen LogP contribution in [0.25, 0.3) is 22.0 Å². The van der Waals surface area contributed by atoms with Crippen LogP contribution in [0.2, 0.25) is 0 Å². The third-order valence-corrected chi connectivity index (χ3v) is 6.36. The molecule has 2 aromatic heterocycles. The molecule has 7 heteroatoms. The fraction of sp³-hybridized carbons (Fsp3) is 0.455. The number of fused-ring (bicyclic) bond motifs is 1. The van der Waals surface area contributed by atoms with Crippen molar-refractivity contribution in [2.75, 3.05) is 26.3 Å². The standard InChI is InChI=1S/C22H24FN5O/c1-27-12-18(11-24-27)15-2-3-20-16(6-15)7-19(25-26-20)8-21(29)17-9-22(10-17)13-28(14-22)5-4-23/h2-3,6-7,11-12,17H,4-5,8-10,13-14H2,1H3.